The molecule has 2 N–H and O–H groups in total. The molecule has 1 aromatic carbocycles. The third-order valence-corrected chi connectivity index (χ3v) is 4.51. The predicted molar refractivity (Wildman–Crippen MR) is 99.1 cm³/mol. The number of nitrogens with one attached hydrogen (secondary N) is 2. The first-order valence-electron chi connectivity index (χ1n) is 8.13. The second kappa shape index (κ2) is 9.35. The van der Waals surface area contributed by atoms with Gasteiger partial charge in [0, 0.05) is 17.0 Å². The average Bonchev–Trinajstić information content (AvgIpc) is 3.10. The van der Waals surface area contributed by atoms with Gasteiger partial charge in [-0.15, -0.1) is 11.3 Å². The van der Waals surface area contributed by atoms with Crippen LogP contribution in [0.1, 0.15) is 20.1 Å². The molecule has 0 spiro atoms. The summed E-state index contributed by atoms with van der Waals surface area (Å²) in [5.74, 6) is -2.59. The average molecular weight is 445 g/mol. The minimum Gasteiger partial charge on any atom is -0.454 e. The van der Waals surface area contributed by atoms with Crippen LogP contribution < -0.4 is 10.6 Å². The molecule has 0 radical (unpaired) electrons. The van der Waals surface area contributed by atoms with Crippen LogP contribution >= 0.6 is 11.3 Å². The summed E-state index contributed by atoms with van der Waals surface area (Å²) in [4.78, 5) is 46.1. The number of thiophene rings is 1. The highest BCUT2D eigenvalue weighted by Gasteiger charge is 2.35. The molecule has 0 aliphatic rings. The fraction of sp³-hybridized carbons (Fsp3) is 0.235. The standard InChI is InChI=1S/C17H14F3N3O6S/c1-9-2-5-13(30-9)16(26)21-7-15(25)29-8-14(24)22-12-4-3-10(23(27)28)6-11(12)17(18,19)20/h2-6H,7-8H2,1H3,(H,21,26)(H,22,24). The number of nitro groups is 1. The highest BCUT2D eigenvalue weighted by molar-refractivity contribution is 7.13. The molecule has 0 fully saturated rings. The third kappa shape index (κ3) is 6.27. The van der Waals surface area contributed by atoms with Crippen LogP contribution in [0.25, 0.3) is 0 Å². The summed E-state index contributed by atoms with van der Waals surface area (Å²) in [7, 11) is 0. The Hall–Kier alpha value is -3.48. The van der Waals surface area contributed by atoms with Crippen LogP contribution in [0.3, 0.4) is 0 Å². The number of hydrogen-bond donors (Lipinski definition) is 2. The number of ether oxygens (including phenoxy) is 1. The topological polar surface area (TPSA) is 128 Å². The van der Waals surface area contributed by atoms with Gasteiger partial charge in [-0.25, -0.2) is 0 Å². The molecular weight excluding hydrogens is 431 g/mol. The molecule has 0 atom stereocenters. The minimum absolute atomic E-state index is 0.281. The minimum atomic E-state index is -4.96. The van der Waals surface area contributed by atoms with Gasteiger partial charge >= 0.3 is 12.1 Å². The Morgan fingerprint density at radius 2 is 1.90 bits per heavy atom. The molecule has 0 aliphatic heterocycles. The Morgan fingerprint density at radius 1 is 1.20 bits per heavy atom. The first kappa shape index (κ1) is 22.8. The van der Waals surface area contributed by atoms with Gasteiger partial charge in [-0.05, 0) is 25.1 Å². The molecule has 2 aromatic rings. The van der Waals surface area contributed by atoms with Crippen molar-refractivity contribution >= 4 is 40.5 Å². The van der Waals surface area contributed by atoms with E-state index in [9.17, 15) is 37.7 Å². The number of alkyl halides is 3. The van der Waals surface area contributed by atoms with E-state index in [0.29, 0.717) is 4.88 Å². The molecule has 160 valence electrons. The van der Waals surface area contributed by atoms with Crippen molar-refractivity contribution in [3.8, 4) is 0 Å². The van der Waals surface area contributed by atoms with Crippen LogP contribution in [0.15, 0.2) is 30.3 Å². The molecule has 0 saturated carbocycles. The van der Waals surface area contributed by atoms with E-state index in [1.807, 2.05) is 5.32 Å². The second-order valence-electron chi connectivity index (χ2n) is 5.79. The lowest BCUT2D eigenvalue weighted by Gasteiger charge is -2.13. The summed E-state index contributed by atoms with van der Waals surface area (Å²) in [5.41, 5.74) is -2.95. The maximum atomic E-state index is 13.1. The SMILES string of the molecule is Cc1ccc(C(=O)NCC(=O)OCC(=O)Nc2ccc([N+](=O)[O-])cc2C(F)(F)F)s1. The number of benzene rings is 1. The number of rotatable bonds is 7. The first-order chi connectivity index (χ1) is 14.0. The van der Waals surface area contributed by atoms with E-state index in [1.54, 1.807) is 19.1 Å². The van der Waals surface area contributed by atoms with E-state index in [-0.39, 0.29) is 6.07 Å². The fourth-order valence-electron chi connectivity index (χ4n) is 2.17. The maximum Gasteiger partial charge on any atom is 0.418 e. The van der Waals surface area contributed by atoms with E-state index in [4.69, 9.17) is 0 Å². The highest BCUT2D eigenvalue weighted by atomic mass is 32.1. The second-order valence-corrected chi connectivity index (χ2v) is 7.07. The molecule has 0 aliphatic carbocycles. The van der Waals surface area contributed by atoms with Crippen molar-refractivity contribution in [2.45, 2.75) is 13.1 Å². The van der Waals surface area contributed by atoms with Crippen molar-refractivity contribution < 1.29 is 37.2 Å². The van der Waals surface area contributed by atoms with E-state index in [1.165, 1.54) is 11.3 Å². The van der Waals surface area contributed by atoms with Crippen LogP contribution in [0.4, 0.5) is 24.5 Å². The Kier molecular flexibility index (Phi) is 7.10. The zero-order valence-electron chi connectivity index (χ0n) is 15.2. The van der Waals surface area contributed by atoms with Gasteiger partial charge in [-0.2, -0.15) is 13.2 Å². The number of non-ortho nitro benzene ring substituents is 1. The summed E-state index contributed by atoms with van der Waals surface area (Å²) < 4.78 is 43.8. The number of carbonyl (C=O) groups excluding carboxylic acids is 3. The van der Waals surface area contributed by atoms with Crippen LogP contribution in [-0.4, -0.2) is 35.9 Å². The Morgan fingerprint density at radius 3 is 2.47 bits per heavy atom. The van der Waals surface area contributed by atoms with Crippen LogP contribution in [0.2, 0.25) is 0 Å². The van der Waals surface area contributed by atoms with Crippen molar-refractivity contribution in [3.05, 3.63) is 55.8 Å². The number of halogens is 3. The molecular formula is C17H14F3N3O6S. The molecule has 1 heterocycles. The van der Waals surface area contributed by atoms with E-state index < -0.39 is 59.0 Å². The van der Waals surface area contributed by atoms with Crippen molar-refractivity contribution in [3.63, 3.8) is 0 Å². The van der Waals surface area contributed by atoms with Gasteiger partial charge in [0.15, 0.2) is 6.61 Å². The molecule has 30 heavy (non-hydrogen) atoms. The molecule has 9 nitrogen and oxygen atoms in total. The lowest BCUT2D eigenvalue weighted by atomic mass is 10.1. The van der Waals surface area contributed by atoms with Crippen molar-refractivity contribution in [1.29, 1.82) is 0 Å². The number of carbonyl (C=O) groups is 3. The fourth-order valence-corrected chi connectivity index (χ4v) is 2.95. The zero-order chi connectivity index (χ0) is 22.5. The van der Waals surface area contributed by atoms with E-state index in [0.717, 1.165) is 17.0 Å². The van der Waals surface area contributed by atoms with Gasteiger partial charge in [0.1, 0.15) is 6.54 Å². The number of anilines is 1. The van der Waals surface area contributed by atoms with Gasteiger partial charge in [-0.3, -0.25) is 24.5 Å². The number of hydrogen-bond acceptors (Lipinski definition) is 7. The first-order valence-corrected chi connectivity index (χ1v) is 8.94. The van der Waals surface area contributed by atoms with Crippen LogP contribution in [0, 0.1) is 17.0 Å². The monoisotopic (exact) mass is 445 g/mol. The Labute approximate surface area is 171 Å². The van der Waals surface area contributed by atoms with Gasteiger partial charge in [0.2, 0.25) is 0 Å². The number of nitro benzene ring substituents is 1. The lowest BCUT2D eigenvalue weighted by molar-refractivity contribution is -0.385. The summed E-state index contributed by atoms with van der Waals surface area (Å²) >= 11 is 1.21. The number of amides is 2. The van der Waals surface area contributed by atoms with Crippen LogP contribution in [-0.2, 0) is 20.5 Å². The third-order valence-electron chi connectivity index (χ3n) is 3.52. The Bertz CT molecular complexity index is 989. The zero-order valence-corrected chi connectivity index (χ0v) is 16.1. The summed E-state index contributed by atoms with van der Waals surface area (Å²) in [6.45, 7) is 0.332. The number of esters is 1. The van der Waals surface area contributed by atoms with Crippen molar-refractivity contribution in [2.75, 3.05) is 18.5 Å². The lowest BCUT2D eigenvalue weighted by Crippen LogP contribution is -2.32. The number of aryl methyl sites for hydroxylation is 1. The molecule has 2 amide bonds. The molecule has 0 bridgehead atoms. The highest BCUT2D eigenvalue weighted by Crippen LogP contribution is 2.37. The molecule has 0 unspecified atom stereocenters. The van der Waals surface area contributed by atoms with Crippen molar-refractivity contribution in [2.24, 2.45) is 0 Å². The molecule has 2 rings (SSSR count). The van der Waals surface area contributed by atoms with Gasteiger partial charge in [0.05, 0.1) is 21.1 Å². The summed E-state index contributed by atoms with van der Waals surface area (Å²) in [6.07, 6.45) is -4.96. The largest absolute Gasteiger partial charge is 0.454 e. The van der Waals surface area contributed by atoms with Crippen molar-refractivity contribution in [1.82, 2.24) is 5.32 Å². The molecule has 0 saturated heterocycles. The van der Waals surface area contributed by atoms with Gasteiger partial charge in [-0.1, -0.05) is 0 Å². The maximum absolute atomic E-state index is 13.1. The van der Waals surface area contributed by atoms with Crippen LogP contribution in [0.5, 0.6) is 0 Å². The summed E-state index contributed by atoms with van der Waals surface area (Å²) in [5, 5.41) is 14.8. The smallest absolute Gasteiger partial charge is 0.418 e. The van der Waals surface area contributed by atoms with Gasteiger partial charge < -0.3 is 15.4 Å². The summed E-state index contributed by atoms with van der Waals surface area (Å²) in [6, 6.07) is 5.08. The normalized spacial score (nSPS) is 10.9. The Balaban J connectivity index is 1.90. The number of nitrogens with zero attached hydrogens (tertiary/aromatic N) is 1. The quantitative estimate of drug-likeness (QED) is 0.383. The van der Waals surface area contributed by atoms with E-state index >= 15 is 0 Å². The predicted octanol–water partition coefficient (Wildman–Crippen LogP) is 2.90. The molecule has 1 aromatic heterocycles. The molecule has 13 heteroatoms. The van der Waals surface area contributed by atoms with E-state index in [2.05, 4.69) is 10.1 Å². The van der Waals surface area contributed by atoms with Gasteiger partial charge in [0.25, 0.3) is 17.5 Å².